The van der Waals surface area contributed by atoms with Crippen molar-refractivity contribution in [2.75, 3.05) is 38.1 Å². The number of carbonyl (C=O) groups excluding carboxylic acids is 2. The van der Waals surface area contributed by atoms with Gasteiger partial charge >= 0.3 is 5.63 Å². The zero-order chi connectivity index (χ0) is 29.9. The predicted molar refractivity (Wildman–Crippen MR) is 151 cm³/mol. The van der Waals surface area contributed by atoms with Crippen LogP contribution in [0, 0.1) is 0 Å². The minimum absolute atomic E-state index is 0.0265. The third-order valence-electron chi connectivity index (χ3n) is 5.14. The lowest BCUT2D eigenvalue weighted by Gasteiger charge is -2.16. The van der Waals surface area contributed by atoms with Gasteiger partial charge in [0.15, 0.2) is 5.76 Å². The summed E-state index contributed by atoms with van der Waals surface area (Å²) >= 11 is 0.975. The molecule has 0 bridgehead atoms. The second-order valence-electron chi connectivity index (χ2n) is 7.76. The standard InChI is InChI=1S/C24H24N6O8S.C2H6/c1-13(32)26-18-8-9-25-30(18)24-29-28-23(39-24)27-21(33)17-12-14(20(22(34)38-17)37-11-5-10-31)19-15(35-2)6-4-7-16(19)36-3;1-2/h4,6-9,12,31H,5,10-11H2,1-3H3,(H,26,32)(H,27,28,33);1-2H3. The first-order valence-electron chi connectivity index (χ1n) is 12.5. The van der Waals surface area contributed by atoms with E-state index in [1.165, 1.54) is 38.1 Å². The largest absolute Gasteiger partial charge is 0.496 e. The molecule has 2 amide bonds. The van der Waals surface area contributed by atoms with Crippen molar-refractivity contribution in [3.05, 3.63) is 52.7 Å². The SMILES string of the molecule is CC.COc1cccc(OC)c1-c1cc(C(=O)Nc2nnc(-n3nccc3NC(C)=O)s2)oc(=O)c1OCCCO. The summed E-state index contributed by atoms with van der Waals surface area (Å²) in [5.74, 6) is -0.500. The van der Waals surface area contributed by atoms with Crippen LogP contribution < -0.4 is 30.5 Å². The summed E-state index contributed by atoms with van der Waals surface area (Å²) in [4.78, 5) is 37.5. The summed E-state index contributed by atoms with van der Waals surface area (Å²) in [5, 5.41) is 26.7. The molecule has 1 aromatic carbocycles. The van der Waals surface area contributed by atoms with Gasteiger partial charge in [-0.3, -0.25) is 14.9 Å². The van der Waals surface area contributed by atoms with E-state index < -0.39 is 11.5 Å². The molecule has 0 unspecified atom stereocenters. The van der Waals surface area contributed by atoms with Crippen LogP contribution in [0.3, 0.4) is 0 Å². The quantitative estimate of drug-likeness (QED) is 0.219. The van der Waals surface area contributed by atoms with Crippen molar-refractivity contribution in [3.63, 3.8) is 0 Å². The molecule has 41 heavy (non-hydrogen) atoms. The van der Waals surface area contributed by atoms with Crippen LogP contribution in [-0.4, -0.2) is 64.3 Å². The normalized spacial score (nSPS) is 10.3. The van der Waals surface area contributed by atoms with Crippen LogP contribution in [0.1, 0.15) is 37.7 Å². The first kappa shape index (κ1) is 30.8. The molecule has 0 saturated carbocycles. The first-order chi connectivity index (χ1) is 19.9. The molecule has 0 fully saturated rings. The number of ether oxygens (including phenoxy) is 3. The van der Waals surface area contributed by atoms with Gasteiger partial charge in [-0.1, -0.05) is 31.3 Å². The number of methoxy groups -OCH3 is 2. The third-order valence-corrected chi connectivity index (χ3v) is 5.95. The van der Waals surface area contributed by atoms with Crippen LogP contribution in [0.25, 0.3) is 16.3 Å². The van der Waals surface area contributed by atoms with Crippen molar-refractivity contribution in [2.45, 2.75) is 27.2 Å². The number of aliphatic hydroxyl groups excluding tert-OH is 1. The van der Waals surface area contributed by atoms with Crippen molar-refractivity contribution in [2.24, 2.45) is 0 Å². The molecule has 0 radical (unpaired) electrons. The lowest BCUT2D eigenvalue weighted by molar-refractivity contribution is -0.114. The van der Waals surface area contributed by atoms with Gasteiger partial charge in [0.05, 0.1) is 32.6 Å². The summed E-state index contributed by atoms with van der Waals surface area (Å²) in [6, 6.07) is 7.94. The highest BCUT2D eigenvalue weighted by atomic mass is 32.1. The first-order valence-corrected chi connectivity index (χ1v) is 13.3. The third kappa shape index (κ3) is 7.26. The molecular formula is C26H30N6O8S. The molecule has 0 aliphatic carbocycles. The fraction of sp³-hybridized carbons (Fsp3) is 0.308. The second kappa shape index (κ2) is 14.6. The molecule has 3 aromatic heterocycles. The van der Waals surface area contributed by atoms with Gasteiger partial charge in [0.1, 0.15) is 17.3 Å². The van der Waals surface area contributed by atoms with E-state index in [9.17, 15) is 14.4 Å². The van der Waals surface area contributed by atoms with Crippen LogP contribution >= 0.6 is 11.3 Å². The van der Waals surface area contributed by atoms with Gasteiger partial charge < -0.3 is 29.1 Å². The van der Waals surface area contributed by atoms with E-state index in [1.54, 1.807) is 24.3 Å². The average molecular weight is 587 g/mol. The minimum atomic E-state index is -0.919. The van der Waals surface area contributed by atoms with Gasteiger partial charge in [0, 0.05) is 31.6 Å². The van der Waals surface area contributed by atoms with E-state index in [1.807, 2.05) is 13.8 Å². The molecule has 14 nitrogen and oxygen atoms in total. The van der Waals surface area contributed by atoms with Gasteiger partial charge in [-0.2, -0.15) is 9.78 Å². The average Bonchev–Trinajstić information content (AvgIpc) is 3.63. The lowest BCUT2D eigenvalue weighted by Crippen LogP contribution is -2.17. The van der Waals surface area contributed by atoms with E-state index >= 15 is 0 Å². The summed E-state index contributed by atoms with van der Waals surface area (Å²) < 4.78 is 23.2. The van der Waals surface area contributed by atoms with Crippen molar-refractivity contribution >= 4 is 34.1 Å². The Labute approximate surface area is 238 Å². The molecule has 0 aliphatic rings. The van der Waals surface area contributed by atoms with Crippen molar-refractivity contribution in [3.8, 4) is 33.5 Å². The van der Waals surface area contributed by atoms with E-state index in [0.717, 1.165) is 11.3 Å². The number of aromatic nitrogens is 4. The molecule has 4 rings (SSSR count). The van der Waals surface area contributed by atoms with Crippen molar-refractivity contribution < 1.29 is 33.3 Å². The van der Waals surface area contributed by atoms with Gasteiger partial charge in [0.2, 0.25) is 21.9 Å². The molecular weight excluding hydrogens is 556 g/mol. The highest BCUT2D eigenvalue weighted by Gasteiger charge is 2.25. The van der Waals surface area contributed by atoms with Gasteiger partial charge in [-0.25, -0.2) is 4.79 Å². The summed E-state index contributed by atoms with van der Waals surface area (Å²) in [6.45, 7) is 5.24. The Hall–Kier alpha value is -4.76. The minimum Gasteiger partial charge on any atom is -0.496 e. The number of hydrogen-bond acceptors (Lipinski definition) is 12. The summed E-state index contributed by atoms with van der Waals surface area (Å²) in [5.41, 5.74) is -0.359. The monoisotopic (exact) mass is 586 g/mol. The van der Waals surface area contributed by atoms with Crippen LogP contribution in [0.5, 0.6) is 17.2 Å². The molecule has 4 aromatic rings. The van der Waals surface area contributed by atoms with Crippen LogP contribution in [0.15, 0.2) is 45.7 Å². The molecule has 0 atom stereocenters. The number of amides is 2. The molecule has 0 saturated heterocycles. The Kier molecular flexibility index (Phi) is 10.9. The van der Waals surface area contributed by atoms with Gasteiger partial charge in [-0.05, 0) is 18.2 Å². The van der Waals surface area contributed by atoms with E-state index in [4.69, 9.17) is 23.7 Å². The maximum atomic E-state index is 13.1. The summed E-state index contributed by atoms with van der Waals surface area (Å²) in [7, 11) is 2.90. The maximum absolute atomic E-state index is 13.1. The van der Waals surface area contributed by atoms with Crippen LogP contribution in [0.2, 0.25) is 0 Å². The zero-order valence-corrected chi connectivity index (χ0v) is 23.9. The van der Waals surface area contributed by atoms with Crippen LogP contribution in [0.4, 0.5) is 10.9 Å². The number of nitrogens with one attached hydrogen (secondary N) is 2. The van der Waals surface area contributed by atoms with Gasteiger partial charge in [0.25, 0.3) is 5.91 Å². The van der Waals surface area contributed by atoms with E-state index in [2.05, 4.69) is 25.9 Å². The molecule has 3 N–H and O–H groups in total. The predicted octanol–water partition coefficient (Wildman–Crippen LogP) is 3.36. The lowest BCUT2D eigenvalue weighted by atomic mass is 10.0. The maximum Gasteiger partial charge on any atom is 0.379 e. The number of nitrogens with zero attached hydrogens (tertiary/aromatic N) is 4. The molecule has 0 aliphatic heterocycles. The highest BCUT2D eigenvalue weighted by Crippen LogP contribution is 2.42. The number of carbonyl (C=O) groups is 2. The molecule has 15 heteroatoms. The van der Waals surface area contributed by atoms with Crippen molar-refractivity contribution in [1.29, 1.82) is 0 Å². The highest BCUT2D eigenvalue weighted by molar-refractivity contribution is 7.17. The Balaban J connectivity index is 0.00000226. The number of benzene rings is 1. The Bertz CT molecular complexity index is 1520. The smallest absolute Gasteiger partial charge is 0.379 e. The number of hydrogen-bond donors (Lipinski definition) is 3. The fourth-order valence-electron chi connectivity index (χ4n) is 3.51. The Morgan fingerprint density at radius 3 is 2.44 bits per heavy atom. The zero-order valence-electron chi connectivity index (χ0n) is 23.1. The van der Waals surface area contributed by atoms with Crippen molar-refractivity contribution in [1.82, 2.24) is 20.0 Å². The summed E-state index contributed by atoms with van der Waals surface area (Å²) in [6.07, 6.45) is 1.74. The van der Waals surface area contributed by atoms with E-state index in [0.29, 0.717) is 22.9 Å². The second-order valence-corrected chi connectivity index (χ2v) is 8.71. The number of anilines is 2. The van der Waals surface area contributed by atoms with Crippen LogP contribution in [-0.2, 0) is 4.79 Å². The number of rotatable bonds is 11. The topological polar surface area (TPSA) is 180 Å². The molecule has 3 heterocycles. The molecule has 0 spiro atoms. The fourth-order valence-corrected chi connectivity index (χ4v) is 4.23. The Morgan fingerprint density at radius 2 is 1.80 bits per heavy atom. The Morgan fingerprint density at radius 1 is 1.10 bits per heavy atom. The molecule has 218 valence electrons. The van der Waals surface area contributed by atoms with Gasteiger partial charge in [-0.15, -0.1) is 10.2 Å². The van der Waals surface area contributed by atoms with E-state index in [-0.39, 0.29) is 52.9 Å². The number of aliphatic hydroxyl groups is 1.